The number of amides is 1. The van der Waals surface area contributed by atoms with Crippen LogP contribution >= 0.6 is 11.6 Å². The highest BCUT2D eigenvalue weighted by molar-refractivity contribution is 6.30. The molecule has 224 valence electrons. The number of hydrogen-bond donors (Lipinski definition) is 1. The molecule has 1 N–H and O–H groups in total. The Morgan fingerprint density at radius 2 is 1.50 bits per heavy atom. The molecule has 9 heteroatoms. The summed E-state index contributed by atoms with van der Waals surface area (Å²) in [5.74, 6) is -0.0544. The summed E-state index contributed by atoms with van der Waals surface area (Å²) in [4.78, 5) is 30.6. The molecule has 2 aliphatic rings. The average molecular weight is 613 g/mol. The van der Waals surface area contributed by atoms with E-state index >= 15 is 0 Å². The lowest BCUT2D eigenvalue weighted by molar-refractivity contribution is -0.116. The summed E-state index contributed by atoms with van der Waals surface area (Å²) in [5.41, 5.74) is 4.24. The Hall–Kier alpha value is -4.82. The third-order valence-corrected chi connectivity index (χ3v) is 8.40. The van der Waals surface area contributed by atoms with Gasteiger partial charge in [0.25, 0.3) is 5.91 Å². The topological polar surface area (TPSA) is 77.1 Å². The van der Waals surface area contributed by atoms with Crippen molar-refractivity contribution in [1.29, 1.82) is 0 Å². The number of anilines is 2. The molecule has 1 amide bonds. The fourth-order valence-electron chi connectivity index (χ4n) is 6.09. The van der Waals surface area contributed by atoms with Crippen molar-refractivity contribution in [2.75, 3.05) is 31.5 Å². The monoisotopic (exact) mass is 612 g/mol. The van der Waals surface area contributed by atoms with Crippen LogP contribution in [0.25, 0.3) is 0 Å². The maximum atomic E-state index is 14.7. The molecule has 0 radical (unpaired) electrons. The van der Waals surface area contributed by atoms with Crippen molar-refractivity contribution in [3.8, 4) is 17.2 Å². The number of hydrogen-bond acceptors (Lipinski definition) is 6. The predicted molar refractivity (Wildman–Crippen MR) is 168 cm³/mol. The van der Waals surface area contributed by atoms with E-state index < -0.39 is 17.8 Å². The zero-order chi connectivity index (χ0) is 31.0. The van der Waals surface area contributed by atoms with Crippen LogP contribution in [0, 0.1) is 5.82 Å². The Morgan fingerprint density at radius 1 is 0.864 bits per heavy atom. The Morgan fingerprint density at radius 3 is 2.14 bits per heavy atom. The molecule has 0 unspecified atom stereocenters. The number of fused-ring (bicyclic) bond motifs is 1. The summed E-state index contributed by atoms with van der Waals surface area (Å²) >= 11 is 6.14. The minimum atomic E-state index is -0.855. The summed E-state index contributed by atoms with van der Waals surface area (Å²) in [6.45, 7) is 0. The van der Waals surface area contributed by atoms with E-state index in [-0.39, 0.29) is 23.7 Å². The minimum Gasteiger partial charge on any atom is -0.493 e. The maximum absolute atomic E-state index is 14.7. The van der Waals surface area contributed by atoms with Gasteiger partial charge >= 0.3 is 0 Å². The van der Waals surface area contributed by atoms with E-state index in [1.165, 1.54) is 33.5 Å². The molecule has 1 aliphatic heterocycles. The molecule has 0 saturated carbocycles. The third kappa shape index (κ3) is 5.26. The van der Waals surface area contributed by atoms with Crippen molar-refractivity contribution in [2.45, 2.75) is 24.8 Å². The van der Waals surface area contributed by atoms with Crippen LogP contribution in [0.3, 0.4) is 0 Å². The molecule has 0 spiro atoms. The maximum Gasteiger partial charge on any atom is 0.259 e. The SMILES string of the molecule is COc1cc(C(=O)N2c3ccccc3NC3=C(C(=O)C[C@H](c4ccc(Cl)cc4)C3)[C@H]2c2ccc(F)cc2)cc(OC)c1OC. The van der Waals surface area contributed by atoms with E-state index in [9.17, 15) is 14.0 Å². The second kappa shape index (κ2) is 12.1. The minimum absolute atomic E-state index is 0.0931. The van der Waals surface area contributed by atoms with Gasteiger partial charge in [0, 0.05) is 28.3 Å². The van der Waals surface area contributed by atoms with Gasteiger partial charge in [-0.3, -0.25) is 14.5 Å². The van der Waals surface area contributed by atoms with Crippen LogP contribution in [-0.2, 0) is 4.79 Å². The molecule has 1 aliphatic carbocycles. The smallest absolute Gasteiger partial charge is 0.259 e. The van der Waals surface area contributed by atoms with E-state index in [4.69, 9.17) is 25.8 Å². The molecule has 4 aromatic carbocycles. The molecular weight excluding hydrogens is 583 g/mol. The molecule has 7 nitrogen and oxygen atoms in total. The molecule has 4 aromatic rings. The molecule has 0 aromatic heterocycles. The van der Waals surface area contributed by atoms with Crippen molar-refractivity contribution in [2.24, 2.45) is 0 Å². The number of methoxy groups -OCH3 is 3. The van der Waals surface area contributed by atoms with Gasteiger partial charge in [0.1, 0.15) is 5.82 Å². The molecule has 0 bridgehead atoms. The van der Waals surface area contributed by atoms with Gasteiger partial charge in [0.05, 0.1) is 38.7 Å². The summed E-state index contributed by atoms with van der Waals surface area (Å²) in [6, 6.07) is 23.1. The highest BCUT2D eigenvalue weighted by Crippen LogP contribution is 2.48. The van der Waals surface area contributed by atoms with Gasteiger partial charge in [-0.1, -0.05) is 48.0 Å². The highest BCUT2D eigenvalue weighted by Gasteiger charge is 2.42. The Balaban J connectivity index is 1.56. The van der Waals surface area contributed by atoms with Crippen LogP contribution in [-0.4, -0.2) is 33.0 Å². The quantitative estimate of drug-likeness (QED) is 0.240. The van der Waals surface area contributed by atoms with Crippen LogP contribution in [0.5, 0.6) is 17.2 Å². The van der Waals surface area contributed by atoms with Crippen LogP contribution < -0.4 is 24.4 Å². The largest absolute Gasteiger partial charge is 0.493 e. The van der Waals surface area contributed by atoms with Crippen LogP contribution in [0.2, 0.25) is 5.02 Å². The molecule has 2 atom stereocenters. The molecular formula is C35H30ClFN2O5. The van der Waals surface area contributed by atoms with Crippen molar-refractivity contribution in [3.63, 3.8) is 0 Å². The second-order valence-corrected chi connectivity index (χ2v) is 11.1. The first-order valence-corrected chi connectivity index (χ1v) is 14.5. The Labute approximate surface area is 259 Å². The van der Waals surface area contributed by atoms with E-state index in [2.05, 4.69) is 5.32 Å². The van der Waals surface area contributed by atoms with Gasteiger partial charge in [-0.2, -0.15) is 0 Å². The van der Waals surface area contributed by atoms with E-state index in [1.54, 1.807) is 29.2 Å². The molecule has 6 rings (SSSR count). The van der Waals surface area contributed by atoms with Crippen LogP contribution in [0.1, 0.15) is 46.3 Å². The van der Waals surface area contributed by atoms with Crippen molar-refractivity contribution in [3.05, 3.63) is 124 Å². The first kappa shape index (κ1) is 29.3. The summed E-state index contributed by atoms with van der Waals surface area (Å²) in [6.07, 6.45) is 0.767. The number of benzene rings is 4. The molecule has 0 fully saturated rings. The number of ether oxygens (including phenoxy) is 3. The van der Waals surface area contributed by atoms with Crippen molar-refractivity contribution in [1.82, 2.24) is 0 Å². The average Bonchev–Trinajstić information content (AvgIpc) is 3.19. The molecule has 1 heterocycles. The standard InChI is InChI=1S/C35H30ClFN2O5/c1-42-30-18-23(19-31(43-2)34(30)44-3)35(41)39-28-7-5-4-6-26(28)38-27-16-22(20-8-12-24(36)13-9-20)17-29(40)32(27)33(39)21-10-14-25(37)15-11-21/h4-15,18-19,22,33,38H,16-17H2,1-3H3/t22-,33-/m1/s1. The van der Waals surface area contributed by atoms with Gasteiger partial charge in [0.2, 0.25) is 5.75 Å². The van der Waals surface area contributed by atoms with Gasteiger partial charge in [0.15, 0.2) is 17.3 Å². The van der Waals surface area contributed by atoms with Crippen molar-refractivity contribution >= 4 is 34.7 Å². The summed E-state index contributed by atoms with van der Waals surface area (Å²) in [5, 5.41) is 4.13. The first-order chi connectivity index (χ1) is 21.3. The number of para-hydroxylation sites is 2. The van der Waals surface area contributed by atoms with Gasteiger partial charge < -0.3 is 19.5 Å². The highest BCUT2D eigenvalue weighted by atomic mass is 35.5. The van der Waals surface area contributed by atoms with Crippen LogP contribution in [0.4, 0.5) is 15.8 Å². The van der Waals surface area contributed by atoms with E-state index in [0.717, 1.165) is 5.56 Å². The lowest BCUT2D eigenvalue weighted by Crippen LogP contribution is -2.38. The normalized spacial score (nSPS) is 17.7. The number of rotatable bonds is 6. The number of carbonyl (C=O) groups excluding carboxylic acids is 2. The Bertz CT molecular complexity index is 1750. The first-order valence-electron chi connectivity index (χ1n) is 14.1. The number of Topliss-reactive ketones (excluding diaryl/α,β-unsaturated/α-hetero) is 1. The number of nitrogens with one attached hydrogen (secondary N) is 1. The van der Waals surface area contributed by atoms with E-state index in [1.807, 2.05) is 48.5 Å². The number of ketones is 1. The van der Waals surface area contributed by atoms with Crippen LogP contribution in [0.15, 0.2) is 96.2 Å². The van der Waals surface area contributed by atoms with Gasteiger partial charge in [-0.15, -0.1) is 0 Å². The lowest BCUT2D eigenvalue weighted by Gasteiger charge is -2.35. The van der Waals surface area contributed by atoms with E-state index in [0.29, 0.717) is 56.9 Å². The lowest BCUT2D eigenvalue weighted by atomic mass is 9.78. The molecule has 44 heavy (non-hydrogen) atoms. The Kier molecular flexibility index (Phi) is 8.01. The zero-order valence-corrected chi connectivity index (χ0v) is 25.2. The number of nitrogens with zero attached hydrogens (tertiary/aromatic N) is 1. The van der Waals surface area contributed by atoms with Gasteiger partial charge in [-0.05, 0) is 72.0 Å². The second-order valence-electron chi connectivity index (χ2n) is 10.7. The fourth-order valence-corrected chi connectivity index (χ4v) is 6.21. The number of carbonyl (C=O) groups is 2. The number of halogens is 2. The fraction of sp³-hybridized carbons (Fsp3) is 0.200. The number of allylic oxidation sites excluding steroid dienone is 1. The summed E-state index contributed by atoms with van der Waals surface area (Å²) < 4.78 is 30.7. The summed E-state index contributed by atoms with van der Waals surface area (Å²) in [7, 11) is 4.45. The molecule has 0 saturated heterocycles. The van der Waals surface area contributed by atoms with Gasteiger partial charge in [-0.25, -0.2) is 4.39 Å². The third-order valence-electron chi connectivity index (χ3n) is 8.15. The van der Waals surface area contributed by atoms with Crippen molar-refractivity contribution < 1.29 is 28.2 Å². The predicted octanol–water partition coefficient (Wildman–Crippen LogP) is 7.72. The zero-order valence-electron chi connectivity index (χ0n) is 24.4.